The molecule has 112 valence electrons. The summed E-state index contributed by atoms with van der Waals surface area (Å²) in [5, 5.41) is 2.63. The summed E-state index contributed by atoms with van der Waals surface area (Å²) in [7, 11) is 1.79. The van der Waals surface area contributed by atoms with Crippen LogP contribution in [-0.2, 0) is 11.3 Å². The van der Waals surface area contributed by atoms with Gasteiger partial charge in [0.15, 0.2) is 6.10 Å². The van der Waals surface area contributed by atoms with Crippen LogP contribution in [0.4, 0.5) is 0 Å². The molecule has 3 nitrogen and oxygen atoms in total. The summed E-state index contributed by atoms with van der Waals surface area (Å²) in [6, 6.07) is 9.12. The maximum atomic E-state index is 12.3. The third-order valence-electron chi connectivity index (χ3n) is 3.18. The summed E-state index contributed by atoms with van der Waals surface area (Å²) in [5.41, 5.74) is 1.21. The second-order valence-corrected chi connectivity index (χ2v) is 6.38. The molecule has 1 heterocycles. The minimum absolute atomic E-state index is 0.0530. The number of ether oxygens (including phenoxy) is 1. The molecule has 0 aliphatic heterocycles. The molecule has 0 aliphatic rings. The number of benzene rings is 1. The molecule has 0 spiro atoms. The van der Waals surface area contributed by atoms with Crippen molar-refractivity contribution in [3.63, 3.8) is 0 Å². The fourth-order valence-corrected chi connectivity index (χ4v) is 3.10. The lowest BCUT2D eigenvalue weighted by Gasteiger charge is -2.22. The first-order chi connectivity index (χ1) is 9.97. The number of carbonyl (C=O) groups is 1. The molecule has 0 radical (unpaired) electrons. The Morgan fingerprint density at radius 2 is 2.19 bits per heavy atom. The highest BCUT2D eigenvalue weighted by Gasteiger charge is 2.20. The van der Waals surface area contributed by atoms with Gasteiger partial charge in [0.25, 0.3) is 5.91 Å². The van der Waals surface area contributed by atoms with Gasteiger partial charge in [-0.2, -0.15) is 0 Å². The van der Waals surface area contributed by atoms with Gasteiger partial charge in [-0.05, 0) is 49.1 Å². The van der Waals surface area contributed by atoms with Gasteiger partial charge in [-0.25, -0.2) is 0 Å². The van der Waals surface area contributed by atoms with E-state index in [9.17, 15) is 4.79 Å². The number of halogens is 1. The Bertz CT molecular complexity index is 626. The lowest BCUT2D eigenvalue weighted by atomic mass is 10.2. The molecule has 5 heteroatoms. The van der Waals surface area contributed by atoms with Crippen molar-refractivity contribution in [2.75, 3.05) is 7.05 Å². The van der Waals surface area contributed by atoms with Crippen LogP contribution in [0.1, 0.15) is 17.4 Å². The Hall–Kier alpha value is -1.52. The highest BCUT2D eigenvalue weighted by molar-refractivity contribution is 7.10. The summed E-state index contributed by atoms with van der Waals surface area (Å²) in [6.07, 6.45) is -0.547. The molecule has 1 amide bonds. The molecule has 1 aromatic carbocycles. The smallest absolute Gasteiger partial charge is 0.263 e. The first kappa shape index (κ1) is 15.9. The number of hydrogen-bond donors (Lipinski definition) is 0. The number of carbonyl (C=O) groups excluding carboxylic acids is 1. The van der Waals surface area contributed by atoms with E-state index >= 15 is 0 Å². The first-order valence-electron chi connectivity index (χ1n) is 6.67. The van der Waals surface area contributed by atoms with E-state index in [1.165, 1.54) is 10.4 Å². The molecule has 0 N–H and O–H groups in total. The molecule has 0 bridgehead atoms. The predicted molar refractivity (Wildman–Crippen MR) is 87.1 cm³/mol. The third-order valence-corrected chi connectivity index (χ3v) is 4.42. The molecule has 1 atom stereocenters. The second kappa shape index (κ2) is 6.96. The van der Waals surface area contributed by atoms with Crippen molar-refractivity contribution < 1.29 is 9.53 Å². The van der Waals surface area contributed by atoms with Crippen LogP contribution in [0.25, 0.3) is 0 Å². The van der Waals surface area contributed by atoms with Crippen LogP contribution in [0.3, 0.4) is 0 Å². The van der Waals surface area contributed by atoms with Crippen molar-refractivity contribution in [1.82, 2.24) is 4.90 Å². The first-order valence-corrected chi connectivity index (χ1v) is 7.93. The normalized spacial score (nSPS) is 12.0. The van der Waals surface area contributed by atoms with Crippen LogP contribution in [0.2, 0.25) is 5.02 Å². The van der Waals surface area contributed by atoms with E-state index < -0.39 is 6.10 Å². The van der Waals surface area contributed by atoms with Crippen molar-refractivity contribution in [2.45, 2.75) is 26.5 Å². The van der Waals surface area contributed by atoms with Crippen LogP contribution in [-0.4, -0.2) is 24.0 Å². The summed E-state index contributed by atoms with van der Waals surface area (Å²) >= 11 is 7.57. The zero-order valence-electron chi connectivity index (χ0n) is 12.3. The molecule has 1 aromatic heterocycles. The van der Waals surface area contributed by atoms with Crippen LogP contribution in [0, 0.1) is 6.92 Å². The second-order valence-electron chi connectivity index (χ2n) is 4.94. The fraction of sp³-hybridized carbons (Fsp3) is 0.312. The standard InChI is InChI=1S/C16H18ClNO2S/c1-11-7-8-21-15(11)10-18(3)16(19)12(2)20-14-6-4-5-13(17)9-14/h4-9,12H,10H2,1-3H3. The zero-order chi connectivity index (χ0) is 15.4. The van der Waals surface area contributed by atoms with Gasteiger partial charge < -0.3 is 9.64 Å². The molecule has 2 rings (SSSR count). The molecule has 21 heavy (non-hydrogen) atoms. The number of amides is 1. The average molecular weight is 324 g/mol. The van der Waals surface area contributed by atoms with Crippen molar-refractivity contribution >= 4 is 28.8 Å². The molecule has 2 aromatic rings. The van der Waals surface area contributed by atoms with Crippen LogP contribution < -0.4 is 4.74 Å². The van der Waals surface area contributed by atoms with E-state index in [1.54, 1.807) is 54.5 Å². The van der Waals surface area contributed by atoms with Gasteiger partial charge in [0, 0.05) is 16.9 Å². The van der Waals surface area contributed by atoms with Crippen molar-refractivity contribution in [3.8, 4) is 5.75 Å². The van der Waals surface area contributed by atoms with E-state index in [-0.39, 0.29) is 5.91 Å². The molecule has 0 saturated carbocycles. The number of thiophene rings is 1. The van der Waals surface area contributed by atoms with Gasteiger partial charge in [0.2, 0.25) is 0 Å². The molecule has 0 aliphatic carbocycles. The Labute approximate surface area is 134 Å². The average Bonchev–Trinajstić information content (AvgIpc) is 2.83. The molecule has 1 unspecified atom stereocenters. The Kier molecular flexibility index (Phi) is 5.26. The Balaban J connectivity index is 1.97. The van der Waals surface area contributed by atoms with Crippen LogP contribution in [0.15, 0.2) is 35.7 Å². The summed E-state index contributed by atoms with van der Waals surface area (Å²) in [5.74, 6) is 0.548. The Morgan fingerprint density at radius 1 is 1.43 bits per heavy atom. The fourth-order valence-electron chi connectivity index (χ4n) is 1.96. The van der Waals surface area contributed by atoms with Gasteiger partial charge in [0.1, 0.15) is 5.75 Å². The minimum atomic E-state index is -0.547. The van der Waals surface area contributed by atoms with E-state index in [4.69, 9.17) is 16.3 Å². The minimum Gasteiger partial charge on any atom is -0.481 e. The van der Waals surface area contributed by atoms with E-state index in [1.807, 2.05) is 5.38 Å². The number of nitrogens with zero attached hydrogens (tertiary/aromatic N) is 1. The van der Waals surface area contributed by atoms with Crippen molar-refractivity contribution in [2.24, 2.45) is 0 Å². The topological polar surface area (TPSA) is 29.5 Å². The zero-order valence-corrected chi connectivity index (χ0v) is 13.9. The molecule has 0 fully saturated rings. The number of aryl methyl sites for hydroxylation is 1. The van der Waals surface area contributed by atoms with Crippen LogP contribution in [0.5, 0.6) is 5.75 Å². The summed E-state index contributed by atoms with van der Waals surface area (Å²) < 4.78 is 5.66. The molecular weight excluding hydrogens is 306 g/mol. The largest absolute Gasteiger partial charge is 0.481 e. The van der Waals surface area contributed by atoms with Crippen molar-refractivity contribution in [1.29, 1.82) is 0 Å². The molecular formula is C16H18ClNO2S. The van der Waals surface area contributed by atoms with Gasteiger partial charge in [-0.1, -0.05) is 17.7 Å². The summed E-state index contributed by atoms with van der Waals surface area (Å²) in [6.45, 7) is 4.41. The van der Waals surface area contributed by atoms with Crippen molar-refractivity contribution in [3.05, 3.63) is 51.2 Å². The quantitative estimate of drug-likeness (QED) is 0.827. The SMILES string of the molecule is Cc1ccsc1CN(C)C(=O)C(C)Oc1cccc(Cl)c1. The van der Waals surface area contributed by atoms with Gasteiger partial charge >= 0.3 is 0 Å². The van der Waals surface area contributed by atoms with Gasteiger partial charge in [-0.3, -0.25) is 4.79 Å². The lowest BCUT2D eigenvalue weighted by molar-refractivity contribution is -0.137. The maximum Gasteiger partial charge on any atom is 0.263 e. The highest BCUT2D eigenvalue weighted by Crippen LogP contribution is 2.20. The van der Waals surface area contributed by atoms with E-state index in [0.29, 0.717) is 17.3 Å². The van der Waals surface area contributed by atoms with Gasteiger partial charge in [0.05, 0.1) is 6.54 Å². The third kappa shape index (κ3) is 4.22. The molecule has 0 saturated heterocycles. The van der Waals surface area contributed by atoms with E-state index in [0.717, 1.165) is 0 Å². The monoisotopic (exact) mass is 323 g/mol. The summed E-state index contributed by atoms with van der Waals surface area (Å²) in [4.78, 5) is 15.2. The maximum absolute atomic E-state index is 12.3. The number of hydrogen-bond acceptors (Lipinski definition) is 3. The van der Waals surface area contributed by atoms with Gasteiger partial charge in [-0.15, -0.1) is 11.3 Å². The lowest BCUT2D eigenvalue weighted by Crippen LogP contribution is -2.37. The Morgan fingerprint density at radius 3 is 2.81 bits per heavy atom. The number of rotatable bonds is 5. The van der Waals surface area contributed by atoms with Crippen LogP contribution >= 0.6 is 22.9 Å². The highest BCUT2D eigenvalue weighted by atomic mass is 35.5. The van der Waals surface area contributed by atoms with E-state index in [2.05, 4.69) is 13.0 Å². The number of likely N-dealkylation sites (N-methyl/N-ethyl adjacent to an activating group) is 1. The predicted octanol–water partition coefficient (Wildman–Crippen LogP) is 4.14.